The van der Waals surface area contributed by atoms with Gasteiger partial charge < -0.3 is 29.2 Å². The van der Waals surface area contributed by atoms with Gasteiger partial charge in [-0.15, -0.1) is 0 Å². The molecule has 0 bridgehead atoms. The second kappa shape index (κ2) is 14.5. The Morgan fingerprint density at radius 3 is 2.63 bits per heavy atom. The Bertz CT molecular complexity index is 1500. The average molecular weight is 634 g/mol. The smallest absolute Gasteiger partial charge is 0.228 e. The van der Waals surface area contributed by atoms with E-state index in [-0.39, 0.29) is 18.2 Å². The van der Waals surface area contributed by atoms with Crippen molar-refractivity contribution >= 4 is 17.5 Å². The van der Waals surface area contributed by atoms with Crippen molar-refractivity contribution in [3.63, 3.8) is 0 Å². The lowest BCUT2D eigenvalue weighted by Crippen LogP contribution is -2.49. The zero-order valence-corrected chi connectivity index (χ0v) is 27.5. The Labute approximate surface area is 271 Å². The number of Topliss-reactive ketones (excluding diaryl/α,β-unsaturated/α-hetero) is 1. The fourth-order valence-corrected chi connectivity index (χ4v) is 6.37. The van der Waals surface area contributed by atoms with Crippen LogP contribution in [0.3, 0.4) is 0 Å². The molecule has 2 saturated heterocycles. The number of anilines is 2. The van der Waals surface area contributed by atoms with Crippen LogP contribution in [0.1, 0.15) is 65.3 Å². The Kier molecular flexibility index (Phi) is 10.2. The molecular weight excluding hydrogens is 586 g/mol. The third kappa shape index (κ3) is 7.68. The highest BCUT2D eigenvalue weighted by Gasteiger charge is 2.26. The first kappa shape index (κ1) is 32.4. The van der Waals surface area contributed by atoms with Crippen LogP contribution in [0.15, 0.2) is 29.0 Å². The number of hydrogen-bond donors (Lipinski definition) is 2. The highest BCUT2D eigenvalue weighted by molar-refractivity contribution is 5.95. The van der Waals surface area contributed by atoms with Crippen molar-refractivity contribution < 1.29 is 23.8 Å². The van der Waals surface area contributed by atoms with Gasteiger partial charge in [0, 0.05) is 64.3 Å². The highest BCUT2D eigenvalue weighted by atomic mass is 16.5. The van der Waals surface area contributed by atoms with Gasteiger partial charge in [0.25, 0.3) is 0 Å². The molecule has 3 aliphatic heterocycles. The third-order valence-electron chi connectivity index (χ3n) is 9.41. The van der Waals surface area contributed by atoms with Gasteiger partial charge in [-0.05, 0) is 63.3 Å². The minimum Gasteiger partial charge on any atom is -0.485 e. The molecule has 12 heteroatoms. The molecule has 2 fully saturated rings. The molecular formula is C34H47N7O5. The van der Waals surface area contributed by atoms with Crippen LogP contribution in [0, 0.1) is 13.8 Å². The average Bonchev–Trinajstić information content (AvgIpc) is 3.45. The summed E-state index contributed by atoms with van der Waals surface area (Å²) in [6.45, 7) is 15.6. The van der Waals surface area contributed by atoms with Crippen LogP contribution >= 0.6 is 0 Å². The first-order valence-corrected chi connectivity index (χ1v) is 16.5. The maximum absolute atomic E-state index is 13.4. The minimum atomic E-state index is -0.616. The number of aryl methyl sites for hydroxylation is 1. The second-order valence-corrected chi connectivity index (χ2v) is 13.0. The summed E-state index contributed by atoms with van der Waals surface area (Å²) in [7, 11) is 0. The van der Waals surface area contributed by atoms with Gasteiger partial charge in [0.2, 0.25) is 5.95 Å². The summed E-state index contributed by atoms with van der Waals surface area (Å²) in [6.07, 6.45) is 2.30. The van der Waals surface area contributed by atoms with Crippen molar-refractivity contribution in [1.29, 1.82) is 0 Å². The van der Waals surface area contributed by atoms with E-state index in [1.165, 1.54) is 17.5 Å². The number of aliphatic hydroxyl groups is 1. The van der Waals surface area contributed by atoms with E-state index in [9.17, 15) is 9.90 Å². The predicted molar refractivity (Wildman–Crippen MR) is 174 cm³/mol. The number of aromatic nitrogens is 3. The summed E-state index contributed by atoms with van der Waals surface area (Å²) in [6, 6.07) is 6.56. The van der Waals surface area contributed by atoms with Crippen molar-refractivity contribution in [1.82, 2.24) is 24.8 Å². The first-order valence-electron chi connectivity index (χ1n) is 16.5. The lowest BCUT2D eigenvalue weighted by atomic mass is 9.94. The molecule has 2 aromatic heterocycles. The maximum atomic E-state index is 13.4. The van der Waals surface area contributed by atoms with Crippen LogP contribution in [0.25, 0.3) is 0 Å². The molecule has 0 unspecified atom stereocenters. The zero-order valence-electron chi connectivity index (χ0n) is 27.5. The fourth-order valence-electron chi connectivity index (χ4n) is 6.37. The molecule has 46 heavy (non-hydrogen) atoms. The van der Waals surface area contributed by atoms with E-state index < -0.39 is 6.10 Å². The van der Waals surface area contributed by atoms with Crippen molar-refractivity contribution in [3.8, 4) is 5.75 Å². The topological polar surface area (TPSA) is 129 Å². The van der Waals surface area contributed by atoms with E-state index in [1.54, 1.807) is 6.07 Å². The van der Waals surface area contributed by atoms with Crippen LogP contribution < -0.4 is 15.0 Å². The number of benzene rings is 1. The molecule has 3 aromatic rings. The number of β-amino-alcohol motifs (C(OH)–C–C–N with tert-alkyl or cyclic N) is 1. The Morgan fingerprint density at radius 1 is 1.13 bits per heavy atom. The fraction of sp³-hybridized carbons (Fsp3) is 0.588. The van der Waals surface area contributed by atoms with Crippen LogP contribution in [0.4, 0.5) is 11.8 Å². The number of hydrogen-bond acceptors (Lipinski definition) is 12. The van der Waals surface area contributed by atoms with Gasteiger partial charge in [0.1, 0.15) is 23.9 Å². The summed E-state index contributed by atoms with van der Waals surface area (Å²) in [5.74, 6) is 2.74. The van der Waals surface area contributed by atoms with Gasteiger partial charge >= 0.3 is 0 Å². The standard InChI is InChI=1S/C34H47N7O5/c1-22(2)40-11-13-41(14-12-40)34-37-29(15-33(38-34)36-26-18-44-19-26)30(43)7-6-27(42)17-39-10-9-28-23(3)31(8-5-25(28)16-39)45-20-32-24(4)35-21-46-32/h5,8,15,21-22,26-27,42H,6-7,9-14,16-20H2,1-4H3,(H,36,37,38)/t27-/m0/s1. The number of oxazole rings is 1. The molecule has 1 aromatic carbocycles. The number of ketones is 1. The Hall–Kier alpha value is -3.58. The SMILES string of the molecule is Cc1ncoc1COc1ccc2c(c1C)CCN(C[C@@H](O)CCC(=O)c1cc(NC3COC3)nc(N3CCN(C(C)C)CC3)n1)C2. The van der Waals surface area contributed by atoms with Crippen molar-refractivity contribution in [2.75, 3.05) is 62.7 Å². The lowest BCUT2D eigenvalue weighted by molar-refractivity contribution is 0.0209. The summed E-state index contributed by atoms with van der Waals surface area (Å²) >= 11 is 0. The predicted octanol–water partition coefficient (Wildman–Crippen LogP) is 3.38. The third-order valence-corrected chi connectivity index (χ3v) is 9.41. The largest absolute Gasteiger partial charge is 0.485 e. The molecule has 0 saturated carbocycles. The van der Waals surface area contributed by atoms with Gasteiger partial charge in [0.05, 0.1) is 31.1 Å². The number of aliphatic hydroxyl groups excluding tert-OH is 1. The lowest BCUT2D eigenvalue weighted by Gasteiger charge is -2.37. The molecule has 0 aliphatic carbocycles. The number of rotatable bonds is 13. The zero-order chi connectivity index (χ0) is 32.2. The van der Waals surface area contributed by atoms with Crippen molar-refractivity contribution in [2.24, 2.45) is 0 Å². The van der Waals surface area contributed by atoms with E-state index >= 15 is 0 Å². The second-order valence-electron chi connectivity index (χ2n) is 13.0. The number of fused-ring (bicyclic) bond motifs is 1. The van der Waals surface area contributed by atoms with Crippen LogP contribution in [-0.2, 0) is 24.3 Å². The molecule has 248 valence electrons. The monoisotopic (exact) mass is 633 g/mol. The van der Waals surface area contributed by atoms with Crippen molar-refractivity contribution in [2.45, 2.75) is 78.3 Å². The molecule has 2 N–H and O–H groups in total. The van der Waals surface area contributed by atoms with Gasteiger partial charge in [-0.25, -0.2) is 9.97 Å². The van der Waals surface area contributed by atoms with E-state index in [1.807, 2.05) is 13.0 Å². The minimum absolute atomic E-state index is 0.0795. The van der Waals surface area contributed by atoms with Crippen molar-refractivity contribution in [3.05, 3.63) is 58.4 Å². The number of piperazine rings is 1. The molecule has 0 amide bonds. The van der Waals surface area contributed by atoms with Crippen LogP contribution in [0.5, 0.6) is 5.75 Å². The molecule has 5 heterocycles. The van der Waals surface area contributed by atoms with Gasteiger partial charge in [-0.3, -0.25) is 14.6 Å². The quantitative estimate of drug-likeness (QED) is 0.268. The summed E-state index contributed by atoms with van der Waals surface area (Å²) in [5, 5.41) is 14.4. The number of carbonyl (C=O) groups excluding carboxylic acids is 1. The van der Waals surface area contributed by atoms with Crippen LogP contribution in [0.2, 0.25) is 0 Å². The number of nitrogens with zero attached hydrogens (tertiary/aromatic N) is 6. The summed E-state index contributed by atoms with van der Waals surface area (Å²) in [5.41, 5.74) is 4.92. The van der Waals surface area contributed by atoms with Gasteiger partial charge in [-0.1, -0.05) is 6.07 Å². The van der Waals surface area contributed by atoms with E-state index in [2.05, 4.69) is 51.8 Å². The van der Waals surface area contributed by atoms with E-state index in [0.29, 0.717) is 56.3 Å². The number of nitrogens with one attached hydrogen (secondary N) is 1. The molecule has 0 radical (unpaired) electrons. The summed E-state index contributed by atoms with van der Waals surface area (Å²) < 4.78 is 16.8. The van der Waals surface area contributed by atoms with E-state index in [0.717, 1.165) is 68.5 Å². The highest BCUT2D eigenvalue weighted by Crippen LogP contribution is 2.30. The molecule has 1 atom stereocenters. The van der Waals surface area contributed by atoms with Gasteiger partial charge in [-0.2, -0.15) is 4.98 Å². The number of carbonyl (C=O) groups is 1. The van der Waals surface area contributed by atoms with E-state index in [4.69, 9.17) is 23.9 Å². The van der Waals surface area contributed by atoms with Crippen LogP contribution in [-0.4, -0.2) is 106 Å². The molecule has 0 spiro atoms. The number of ether oxygens (including phenoxy) is 2. The maximum Gasteiger partial charge on any atom is 0.228 e. The summed E-state index contributed by atoms with van der Waals surface area (Å²) in [4.78, 5) is 33.9. The Balaban J connectivity index is 1.03. The molecule has 6 rings (SSSR count). The Morgan fingerprint density at radius 2 is 1.93 bits per heavy atom. The van der Waals surface area contributed by atoms with Gasteiger partial charge in [0.15, 0.2) is 17.9 Å². The molecule has 3 aliphatic rings. The normalized spacial score (nSPS) is 18.3. The molecule has 12 nitrogen and oxygen atoms in total. The first-order chi connectivity index (χ1) is 22.2.